The van der Waals surface area contributed by atoms with Gasteiger partial charge in [-0.15, -0.1) is 0 Å². The summed E-state index contributed by atoms with van der Waals surface area (Å²) in [5.41, 5.74) is 2.14. The van der Waals surface area contributed by atoms with Crippen LogP contribution >= 0.6 is 0 Å². The van der Waals surface area contributed by atoms with Crippen molar-refractivity contribution in [3.63, 3.8) is 0 Å². The molecule has 11 rings (SSSR count). The Labute approximate surface area is 386 Å². The minimum absolute atomic E-state index is 0.000566. The molecule has 2 atom stereocenters. The highest BCUT2D eigenvalue weighted by Crippen LogP contribution is 2.48. The zero-order chi connectivity index (χ0) is 46.4. The number of carbonyl (C=O) groups excluding carboxylic acids is 3. The zero-order valence-electron chi connectivity index (χ0n) is 37.9. The van der Waals surface area contributed by atoms with Gasteiger partial charge in [-0.05, 0) is 104 Å². The average Bonchev–Trinajstić information content (AvgIpc) is 4.00. The predicted octanol–water partition coefficient (Wildman–Crippen LogP) is 5.17. The van der Waals surface area contributed by atoms with Gasteiger partial charge in [-0.3, -0.25) is 34.5 Å². The van der Waals surface area contributed by atoms with E-state index in [2.05, 4.69) is 36.1 Å². The molecule has 1 saturated carbocycles. The second-order valence-corrected chi connectivity index (χ2v) is 19.9. The van der Waals surface area contributed by atoms with E-state index < -0.39 is 29.2 Å². The number of hydrogen-bond donors (Lipinski definition) is 3. The number of hydrogen-bond acceptors (Lipinski definition) is 13. The molecular formula is C50H55F2N9O6. The number of amides is 3. The number of rotatable bonds is 11. The van der Waals surface area contributed by atoms with E-state index in [0.29, 0.717) is 84.5 Å². The third-order valence-electron chi connectivity index (χ3n) is 15.0. The van der Waals surface area contributed by atoms with Crippen LogP contribution in [0.4, 0.5) is 20.3 Å². The maximum atomic E-state index is 17.1. The number of aryl methyl sites for hydroxylation is 1. The second-order valence-electron chi connectivity index (χ2n) is 19.9. The van der Waals surface area contributed by atoms with Crippen LogP contribution in [0, 0.1) is 17.0 Å². The summed E-state index contributed by atoms with van der Waals surface area (Å²) in [7, 11) is 0. The van der Waals surface area contributed by atoms with Gasteiger partial charge in [-0.1, -0.05) is 13.0 Å². The summed E-state index contributed by atoms with van der Waals surface area (Å²) in [4.78, 5) is 62.4. The molecule has 3 N–H and O–H groups in total. The first kappa shape index (κ1) is 43.5. The molecule has 0 spiro atoms. The molecular weight excluding hydrogens is 861 g/mol. The number of halogens is 2. The van der Waals surface area contributed by atoms with Crippen LogP contribution in [-0.4, -0.2) is 141 Å². The number of piperazine rings is 1. The largest absolute Gasteiger partial charge is 0.508 e. The lowest BCUT2D eigenvalue weighted by atomic mass is 9.94. The smallest absolute Gasteiger partial charge is 0.319 e. The first-order valence-electron chi connectivity index (χ1n) is 23.7. The Hall–Kier alpha value is -6.04. The number of phenolic OH excluding ortho intramolecular Hbond substituents is 1. The lowest BCUT2D eigenvalue weighted by Crippen LogP contribution is -2.63. The number of anilines is 2. The number of β-amino-alcohol motifs (C(OH)–C–C–N with tert-alkyl or cyclic N) is 1. The monoisotopic (exact) mass is 915 g/mol. The van der Waals surface area contributed by atoms with Gasteiger partial charge < -0.3 is 29.6 Å². The number of benzene rings is 3. The Morgan fingerprint density at radius 3 is 2.49 bits per heavy atom. The summed E-state index contributed by atoms with van der Waals surface area (Å²) in [6.45, 7) is 11.6. The van der Waals surface area contributed by atoms with Crippen molar-refractivity contribution in [2.45, 2.75) is 83.0 Å². The SMILES string of the molecule is CCc1c(F)ccc2cc(O)cc(-c3ncc4c(N5CCC[C@@](C)(O)C5)nc(OCC5(CN6CC(N7CCN(c8ccc9c(c8)CN([C@H]8CCC(=O)NC8=O)C9=O)CC7)C6)CC5)nc4c3F)c12. The van der Waals surface area contributed by atoms with Gasteiger partial charge in [-0.2, -0.15) is 9.97 Å². The van der Waals surface area contributed by atoms with E-state index >= 15 is 8.78 Å². The zero-order valence-corrected chi connectivity index (χ0v) is 37.9. The van der Waals surface area contributed by atoms with E-state index in [-0.39, 0.29) is 58.7 Å². The summed E-state index contributed by atoms with van der Waals surface area (Å²) in [5.74, 6) is -1.68. The predicted molar refractivity (Wildman–Crippen MR) is 247 cm³/mol. The molecule has 1 aliphatic carbocycles. The fourth-order valence-electron chi connectivity index (χ4n) is 11.2. The summed E-state index contributed by atoms with van der Waals surface area (Å²) in [6, 6.07) is 11.7. The van der Waals surface area contributed by atoms with E-state index in [0.717, 1.165) is 69.9 Å². The number of imide groups is 1. The Kier molecular flexibility index (Phi) is 10.8. The molecule has 7 heterocycles. The van der Waals surface area contributed by atoms with Gasteiger partial charge in [-0.25, -0.2) is 8.78 Å². The molecule has 3 amide bonds. The molecule has 350 valence electrons. The Morgan fingerprint density at radius 2 is 1.75 bits per heavy atom. The van der Waals surface area contributed by atoms with E-state index in [9.17, 15) is 24.6 Å². The van der Waals surface area contributed by atoms with Crippen molar-refractivity contribution in [3.05, 3.63) is 77.0 Å². The second kappa shape index (κ2) is 16.6. The highest BCUT2D eigenvalue weighted by atomic mass is 19.1. The van der Waals surface area contributed by atoms with Crippen molar-refractivity contribution in [3.8, 4) is 23.0 Å². The number of aliphatic hydroxyl groups is 1. The number of pyridine rings is 1. The van der Waals surface area contributed by atoms with Crippen molar-refractivity contribution < 1.29 is 38.1 Å². The third kappa shape index (κ3) is 8.07. The normalized spacial score (nSPS) is 23.5. The molecule has 4 saturated heterocycles. The minimum Gasteiger partial charge on any atom is -0.508 e. The van der Waals surface area contributed by atoms with Crippen LogP contribution in [0.25, 0.3) is 32.9 Å². The van der Waals surface area contributed by atoms with Gasteiger partial charge in [0.05, 0.1) is 17.6 Å². The van der Waals surface area contributed by atoms with Crippen LogP contribution in [0.2, 0.25) is 0 Å². The van der Waals surface area contributed by atoms with Gasteiger partial charge in [0.1, 0.15) is 34.6 Å². The minimum atomic E-state index is -0.972. The number of aromatic hydroxyl groups is 1. The Bertz CT molecular complexity index is 2840. The number of piperidine rings is 2. The van der Waals surface area contributed by atoms with Gasteiger partial charge in [0.15, 0.2) is 5.82 Å². The molecule has 0 unspecified atom stereocenters. The average molecular weight is 916 g/mol. The van der Waals surface area contributed by atoms with Crippen LogP contribution in [0.5, 0.6) is 11.8 Å². The first-order chi connectivity index (χ1) is 32.2. The van der Waals surface area contributed by atoms with E-state index in [1.54, 1.807) is 17.9 Å². The summed E-state index contributed by atoms with van der Waals surface area (Å²) >= 11 is 0. The van der Waals surface area contributed by atoms with Crippen molar-refractivity contribution in [2.24, 2.45) is 5.41 Å². The fraction of sp³-hybridized carbons (Fsp3) is 0.480. The lowest BCUT2D eigenvalue weighted by molar-refractivity contribution is -0.136. The molecule has 15 nitrogen and oxygen atoms in total. The fourth-order valence-corrected chi connectivity index (χ4v) is 11.2. The van der Waals surface area contributed by atoms with E-state index in [1.807, 2.05) is 24.0 Å². The third-order valence-corrected chi connectivity index (χ3v) is 15.0. The number of nitrogens with zero attached hydrogens (tertiary/aromatic N) is 8. The topological polar surface area (TPSA) is 168 Å². The molecule has 0 bridgehead atoms. The number of nitrogens with one attached hydrogen (secondary N) is 1. The first-order valence-corrected chi connectivity index (χ1v) is 23.7. The maximum Gasteiger partial charge on any atom is 0.319 e. The quantitative estimate of drug-likeness (QED) is 0.149. The molecule has 3 aromatic carbocycles. The number of ether oxygens (including phenoxy) is 1. The van der Waals surface area contributed by atoms with Crippen molar-refractivity contribution in [1.82, 2.24) is 35.0 Å². The number of phenols is 1. The molecule has 5 aliphatic heterocycles. The van der Waals surface area contributed by atoms with Crippen LogP contribution in [-0.2, 0) is 22.6 Å². The number of aromatic nitrogens is 3. The molecule has 2 aromatic heterocycles. The maximum absolute atomic E-state index is 17.1. The molecule has 67 heavy (non-hydrogen) atoms. The van der Waals surface area contributed by atoms with Crippen LogP contribution in [0.15, 0.2) is 48.7 Å². The standard InChI is InChI=1S/C50H55F2N9O6/c1-3-34-38(51)8-5-29-20-33(62)21-36(41(29)34)43-42(52)44-37(22-53-43)45(60-14-4-11-49(2,66)26-60)56-48(55-44)67-28-50(12-13-50)27-57-24-32(25-57)59-17-15-58(16-18-59)31-6-7-35-30(19-31)23-61(47(35)65)39-9-10-40(63)54-46(39)64/h5-8,19-22,32,39,62,66H,3-4,9-18,23-28H2,1-2H3,(H,54,63,64)/t39-,49+/m0/s1. The van der Waals surface area contributed by atoms with E-state index in [4.69, 9.17) is 9.72 Å². The van der Waals surface area contributed by atoms with Gasteiger partial charge in [0.2, 0.25) is 11.8 Å². The lowest BCUT2D eigenvalue weighted by Gasteiger charge is -2.49. The van der Waals surface area contributed by atoms with Crippen molar-refractivity contribution in [2.75, 3.05) is 75.3 Å². The highest BCUT2D eigenvalue weighted by Gasteiger charge is 2.48. The Balaban J connectivity index is 0.753. The highest BCUT2D eigenvalue weighted by molar-refractivity contribution is 6.06. The van der Waals surface area contributed by atoms with Crippen LogP contribution in [0.3, 0.4) is 0 Å². The van der Waals surface area contributed by atoms with Crippen LogP contribution < -0.4 is 19.9 Å². The molecule has 0 radical (unpaired) electrons. The molecule has 17 heteroatoms. The molecule has 5 fully saturated rings. The van der Waals surface area contributed by atoms with Crippen LogP contribution in [0.1, 0.15) is 73.9 Å². The van der Waals surface area contributed by atoms with Gasteiger partial charge in [0, 0.05) is 106 Å². The number of likely N-dealkylation sites (tertiary alicyclic amines) is 1. The van der Waals surface area contributed by atoms with Crippen molar-refractivity contribution >= 4 is 50.9 Å². The Morgan fingerprint density at radius 1 is 0.940 bits per heavy atom. The molecule has 5 aromatic rings. The van der Waals surface area contributed by atoms with Gasteiger partial charge >= 0.3 is 6.01 Å². The van der Waals surface area contributed by atoms with Gasteiger partial charge in [0.25, 0.3) is 5.91 Å². The number of carbonyl (C=O) groups is 3. The summed E-state index contributed by atoms with van der Waals surface area (Å²) < 4.78 is 38.7. The summed E-state index contributed by atoms with van der Waals surface area (Å²) in [6.07, 6.45) is 5.76. The van der Waals surface area contributed by atoms with E-state index in [1.165, 1.54) is 24.4 Å². The number of fused-ring (bicyclic) bond motifs is 3. The van der Waals surface area contributed by atoms with Crippen molar-refractivity contribution in [1.29, 1.82) is 0 Å². The summed E-state index contributed by atoms with van der Waals surface area (Å²) in [5, 5.41) is 25.6. The molecule has 6 aliphatic rings.